The lowest BCUT2D eigenvalue weighted by molar-refractivity contribution is -0.119. The number of hydrogen-bond acceptors (Lipinski definition) is 3. The molecule has 3 rings (SSSR count). The molecule has 3 aromatic carbocycles. The molecule has 0 heterocycles. The van der Waals surface area contributed by atoms with Crippen molar-refractivity contribution in [2.45, 2.75) is 18.3 Å². The summed E-state index contributed by atoms with van der Waals surface area (Å²) in [5, 5.41) is 4.59. The summed E-state index contributed by atoms with van der Waals surface area (Å²) in [6.07, 6.45) is 3.98. The zero-order valence-electron chi connectivity index (χ0n) is 15.7. The number of rotatable bonds is 8. The van der Waals surface area contributed by atoms with Crippen LogP contribution in [0.15, 0.2) is 73.4 Å². The van der Waals surface area contributed by atoms with E-state index in [1.165, 1.54) is 24.0 Å². The van der Waals surface area contributed by atoms with Gasteiger partial charge in [-0.05, 0) is 53.4 Å². The molecule has 0 bridgehead atoms. The number of thioether (sulfide) groups is 1. The van der Waals surface area contributed by atoms with E-state index in [0.717, 1.165) is 16.3 Å². The normalized spacial score (nSPS) is 11.8. The van der Waals surface area contributed by atoms with Gasteiger partial charge in [-0.2, -0.15) is 11.8 Å². The van der Waals surface area contributed by atoms with E-state index in [4.69, 9.17) is 4.74 Å². The van der Waals surface area contributed by atoms with Crippen LogP contribution in [-0.2, 0) is 17.8 Å². The minimum absolute atomic E-state index is 0.0421. The number of carbonyl (C=O) groups is 1. The first-order valence-corrected chi connectivity index (χ1v) is 10.2. The van der Waals surface area contributed by atoms with Crippen molar-refractivity contribution in [2.75, 3.05) is 6.26 Å². The van der Waals surface area contributed by atoms with Gasteiger partial charge < -0.3 is 10.1 Å². The molecule has 0 saturated heterocycles. The third-order valence-corrected chi connectivity index (χ3v) is 5.42. The highest BCUT2D eigenvalue weighted by Crippen LogP contribution is 2.25. The van der Waals surface area contributed by atoms with Gasteiger partial charge in [0.15, 0.2) is 0 Å². The van der Waals surface area contributed by atoms with Gasteiger partial charge in [0, 0.05) is 5.56 Å². The topological polar surface area (TPSA) is 38.3 Å². The average molecular weight is 395 g/mol. The first-order chi connectivity index (χ1) is 13.6. The van der Waals surface area contributed by atoms with Crippen molar-refractivity contribution in [3.63, 3.8) is 0 Å². The van der Waals surface area contributed by atoms with Gasteiger partial charge in [-0.15, -0.1) is 0 Å². The first-order valence-electron chi connectivity index (χ1n) is 8.93. The fraction of sp³-hybridized carbons (Fsp3) is 0.174. The zero-order valence-corrected chi connectivity index (χ0v) is 16.5. The molecule has 28 heavy (non-hydrogen) atoms. The van der Waals surface area contributed by atoms with Crippen LogP contribution in [0.3, 0.4) is 0 Å². The van der Waals surface area contributed by atoms with Crippen LogP contribution in [-0.4, -0.2) is 17.4 Å². The van der Waals surface area contributed by atoms with Gasteiger partial charge in [-0.1, -0.05) is 49.0 Å². The highest BCUT2D eigenvalue weighted by molar-refractivity contribution is 7.99. The van der Waals surface area contributed by atoms with Crippen molar-refractivity contribution in [3.8, 4) is 5.75 Å². The maximum Gasteiger partial charge on any atom is 0.237 e. The molecule has 1 amide bonds. The van der Waals surface area contributed by atoms with E-state index in [9.17, 15) is 9.18 Å². The van der Waals surface area contributed by atoms with E-state index in [1.807, 2.05) is 36.6 Å². The van der Waals surface area contributed by atoms with Crippen LogP contribution < -0.4 is 10.1 Å². The van der Waals surface area contributed by atoms with E-state index in [0.29, 0.717) is 17.7 Å². The highest BCUT2D eigenvalue weighted by atomic mass is 32.2. The summed E-state index contributed by atoms with van der Waals surface area (Å²) in [6, 6.07) is 18.5. The Morgan fingerprint density at radius 3 is 2.68 bits per heavy atom. The SMILES string of the molecule is C=CNC(=O)C(Cc1ccc2cc(OCc3ccccc3F)ccc2c1)SC. The monoisotopic (exact) mass is 395 g/mol. The molecule has 0 aromatic heterocycles. The van der Waals surface area contributed by atoms with Gasteiger partial charge in [0.05, 0.1) is 5.25 Å². The van der Waals surface area contributed by atoms with Crippen molar-refractivity contribution >= 4 is 28.4 Å². The summed E-state index contributed by atoms with van der Waals surface area (Å²) in [6.45, 7) is 3.72. The molecule has 0 aliphatic carbocycles. The fourth-order valence-corrected chi connectivity index (χ4v) is 3.60. The number of amides is 1. The number of fused-ring (bicyclic) bond motifs is 1. The van der Waals surface area contributed by atoms with E-state index in [-0.39, 0.29) is 23.6 Å². The predicted octanol–water partition coefficient (Wildman–Crippen LogP) is 5.09. The van der Waals surface area contributed by atoms with Crippen molar-refractivity contribution in [2.24, 2.45) is 0 Å². The second-order valence-electron chi connectivity index (χ2n) is 6.36. The van der Waals surface area contributed by atoms with Gasteiger partial charge in [0.25, 0.3) is 0 Å². The maximum absolute atomic E-state index is 13.7. The van der Waals surface area contributed by atoms with Gasteiger partial charge >= 0.3 is 0 Å². The third kappa shape index (κ3) is 4.93. The van der Waals surface area contributed by atoms with Crippen LogP contribution in [0.5, 0.6) is 5.75 Å². The molecule has 0 radical (unpaired) electrons. The van der Waals surface area contributed by atoms with Crippen molar-refractivity contribution in [1.82, 2.24) is 5.32 Å². The second-order valence-corrected chi connectivity index (χ2v) is 7.41. The largest absolute Gasteiger partial charge is 0.489 e. The first kappa shape index (κ1) is 20.0. The smallest absolute Gasteiger partial charge is 0.237 e. The Bertz CT molecular complexity index is 989. The van der Waals surface area contributed by atoms with E-state index in [2.05, 4.69) is 18.0 Å². The summed E-state index contributed by atoms with van der Waals surface area (Å²) in [7, 11) is 0. The molecule has 0 fully saturated rings. The molecule has 0 aliphatic rings. The number of halogens is 1. The lowest BCUT2D eigenvalue weighted by atomic mass is 10.0. The summed E-state index contributed by atoms with van der Waals surface area (Å²) in [5.41, 5.74) is 1.62. The number of carbonyl (C=O) groups excluding carboxylic acids is 1. The second kappa shape index (κ2) is 9.42. The molecular formula is C23H22FNO2S. The maximum atomic E-state index is 13.7. The van der Waals surface area contributed by atoms with Gasteiger partial charge in [-0.3, -0.25) is 4.79 Å². The Labute approximate surface area is 168 Å². The van der Waals surface area contributed by atoms with Crippen molar-refractivity contribution in [3.05, 3.63) is 90.4 Å². The molecule has 3 nitrogen and oxygen atoms in total. The van der Waals surface area contributed by atoms with Gasteiger partial charge in [0.2, 0.25) is 5.91 Å². The number of hydrogen-bond donors (Lipinski definition) is 1. The Morgan fingerprint density at radius 1 is 1.18 bits per heavy atom. The number of ether oxygens (including phenoxy) is 1. The lowest BCUT2D eigenvalue weighted by Gasteiger charge is -2.14. The number of nitrogens with one attached hydrogen (secondary N) is 1. The minimum Gasteiger partial charge on any atom is -0.489 e. The molecule has 1 unspecified atom stereocenters. The van der Waals surface area contributed by atoms with Crippen molar-refractivity contribution < 1.29 is 13.9 Å². The Hall–Kier alpha value is -2.79. The molecule has 144 valence electrons. The summed E-state index contributed by atoms with van der Waals surface area (Å²) in [5.74, 6) is 0.382. The summed E-state index contributed by atoms with van der Waals surface area (Å²) >= 11 is 1.52. The highest BCUT2D eigenvalue weighted by Gasteiger charge is 2.16. The van der Waals surface area contributed by atoms with E-state index < -0.39 is 0 Å². The Kier molecular flexibility index (Phi) is 6.71. The Morgan fingerprint density at radius 2 is 1.93 bits per heavy atom. The molecule has 5 heteroatoms. The molecule has 0 saturated carbocycles. The predicted molar refractivity (Wildman–Crippen MR) is 114 cm³/mol. The lowest BCUT2D eigenvalue weighted by Crippen LogP contribution is -2.30. The van der Waals surface area contributed by atoms with E-state index >= 15 is 0 Å². The molecular weight excluding hydrogens is 373 g/mol. The fourth-order valence-electron chi connectivity index (χ4n) is 2.96. The van der Waals surface area contributed by atoms with Crippen LogP contribution in [0.25, 0.3) is 10.8 Å². The average Bonchev–Trinajstić information content (AvgIpc) is 2.71. The summed E-state index contributed by atoms with van der Waals surface area (Å²) < 4.78 is 19.5. The quantitative estimate of drug-likeness (QED) is 0.577. The van der Waals surface area contributed by atoms with Crippen LogP contribution in [0.1, 0.15) is 11.1 Å². The van der Waals surface area contributed by atoms with Gasteiger partial charge in [-0.25, -0.2) is 4.39 Å². The third-order valence-electron chi connectivity index (χ3n) is 4.47. The molecule has 0 aliphatic heterocycles. The van der Waals surface area contributed by atoms with Crippen LogP contribution >= 0.6 is 11.8 Å². The standard InChI is InChI=1S/C23H22FNO2S/c1-3-25-23(26)22(28-2)13-16-8-9-18-14-20(11-10-17(18)12-16)27-15-19-6-4-5-7-21(19)24/h3-12,14,22H,1,13,15H2,2H3,(H,25,26). The molecule has 1 atom stereocenters. The summed E-state index contributed by atoms with van der Waals surface area (Å²) in [4.78, 5) is 12.1. The zero-order chi connectivity index (χ0) is 19.9. The van der Waals surface area contributed by atoms with Crippen LogP contribution in [0.2, 0.25) is 0 Å². The number of benzene rings is 3. The van der Waals surface area contributed by atoms with Crippen LogP contribution in [0.4, 0.5) is 4.39 Å². The minimum atomic E-state index is -0.267. The van der Waals surface area contributed by atoms with Crippen molar-refractivity contribution in [1.29, 1.82) is 0 Å². The molecule has 3 aromatic rings. The van der Waals surface area contributed by atoms with Crippen LogP contribution in [0, 0.1) is 5.82 Å². The van der Waals surface area contributed by atoms with E-state index in [1.54, 1.807) is 18.2 Å². The molecule has 0 spiro atoms. The Balaban J connectivity index is 1.72. The molecule has 1 N–H and O–H groups in total. The van der Waals surface area contributed by atoms with Gasteiger partial charge in [0.1, 0.15) is 18.2 Å².